The van der Waals surface area contributed by atoms with Gasteiger partial charge in [-0.1, -0.05) is 55.5 Å². The largest absolute Gasteiger partial charge is 0.362 e. The van der Waals surface area contributed by atoms with Gasteiger partial charge in [0.25, 0.3) is 0 Å². The van der Waals surface area contributed by atoms with Crippen LogP contribution < -0.4 is 10.6 Å². The van der Waals surface area contributed by atoms with Crippen molar-refractivity contribution in [1.82, 2.24) is 5.32 Å². The van der Waals surface area contributed by atoms with Crippen molar-refractivity contribution in [3.8, 4) is 11.1 Å². The molecule has 0 radical (unpaired) electrons. The van der Waals surface area contributed by atoms with Crippen molar-refractivity contribution in [2.45, 2.75) is 13.3 Å². The van der Waals surface area contributed by atoms with Crippen molar-refractivity contribution in [3.05, 3.63) is 54.6 Å². The molecule has 0 saturated heterocycles. The van der Waals surface area contributed by atoms with Gasteiger partial charge in [-0.2, -0.15) is 0 Å². The summed E-state index contributed by atoms with van der Waals surface area (Å²) >= 11 is 5.29. The summed E-state index contributed by atoms with van der Waals surface area (Å²) < 4.78 is 0. The molecule has 0 atom stereocenters. The number of hydrogen-bond donors (Lipinski definition) is 2. The second-order valence-electron chi connectivity index (χ2n) is 4.29. The van der Waals surface area contributed by atoms with E-state index in [0.29, 0.717) is 5.11 Å². The standard InChI is InChI=1S/C16H18N2S/c1-2-12-17-16(19)18-15-11-7-6-10-14(15)13-8-4-3-5-9-13/h3-11H,2,12H2,1H3,(H2,17,18,19). The molecular weight excluding hydrogens is 252 g/mol. The van der Waals surface area contributed by atoms with Gasteiger partial charge in [0.1, 0.15) is 0 Å². The molecule has 0 bridgehead atoms. The van der Waals surface area contributed by atoms with Crippen molar-refractivity contribution in [2.24, 2.45) is 0 Å². The summed E-state index contributed by atoms with van der Waals surface area (Å²) in [4.78, 5) is 0. The Bertz CT molecular complexity index is 537. The Hall–Kier alpha value is -1.87. The summed E-state index contributed by atoms with van der Waals surface area (Å²) in [5.74, 6) is 0. The maximum absolute atomic E-state index is 5.29. The predicted octanol–water partition coefficient (Wildman–Crippen LogP) is 4.05. The number of benzene rings is 2. The van der Waals surface area contributed by atoms with Crippen molar-refractivity contribution in [3.63, 3.8) is 0 Å². The third kappa shape index (κ3) is 3.80. The zero-order chi connectivity index (χ0) is 13.5. The van der Waals surface area contributed by atoms with Gasteiger partial charge in [-0.05, 0) is 30.3 Å². The fourth-order valence-corrected chi connectivity index (χ4v) is 2.08. The Morgan fingerprint density at radius 2 is 1.68 bits per heavy atom. The molecule has 0 saturated carbocycles. The summed E-state index contributed by atoms with van der Waals surface area (Å²) in [5.41, 5.74) is 3.37. The van der Waals surface area contributed by atoms with Gasteiger partial charge in [0.15, 0.2) is 5.11 Å². The molecule has 2 aromatic rings. The van der Waals surface area contributed by atoms with Gasteiger partial charge in [-0.15, -0.1) is 0 Å². The first-order valence-corrected chi connectivity index (χ1v) is 6.91. The zero-order valence-corrected chi connectivity index (χ0v) is 11.8. The summed E-state index contributed by atoms with van der Waals surface area (Å²) in [6, 6.07) is 18.5. The minimum Gasteiger partial charge on any atom is -0.362 e. The molecule has 3 heteroatoms. The first-order valence-electron chi connectivity index (χ1n) is 6.50. The van der Waals surface area contributed by atoms with Crippen LogP contribution in [0.2, 0.25) is 0 Å². The highest BCUT2D eigenvalue weighted by molar-refractivity contribution is 7.80. The molecule has 0 aliphatic carbocycles. The third-order valence-corrected chi connectivity index (χ3v) is 3.04. The first kappa shape index (κ1) is 13.6. The van der Waals surface area contributed by atoms with E-state index in [1.807, 2.05) is 36.4 Å². The van der Waals surface area contributed by atoms with Crippen LogP contribution in [0.3, 0.4) is 0 Å². The van der Waals surface area contributed by atoms with Crippen molar-refractivity contribution >= 4 is 23.0 Å². The quantitative estimate of drug-likeness (QED) is 0.820. The minimum atomic E-state index is 0.672. The molecule has 0 spiro atoms. The molecule has 98 valence electrons. The van der Waals surface area contributed by atoms with Gasteiger partial charge >= 0.3 is 0 Å². The molecule has 19 heavy (non-hydrogen) atoms. The monoisotopic (exact) mass is 270 g/mol. The maximum Gasteiger partial charge on any atom is 0.170 e. The topological polar surface area (TPSA) is 24.1 Å². The Labute approximate surface area is 119 Å². The smallest absolute Gasteiger partial charge is 0.170 e. The zero-order valence-electron chi connectivity index (χ0n) is 11.0. The van der Waals surface area contributed by atoms with E-state index in [0.717, 1.165) is 24.2 Å². The van der Waals surface area contributed by atoms with Crippen LogP contribution in [0.5, 0.6) is 0 Å². The molecule has 0 aliphatic heterocycles. The second-order valence-corrected chi connectivity index (χ2v) is 4.70. The minimum absolute atomic E-state index is 0.672. The van der Waals surface area contributed by atoms with Gasteiger partial charge in [-0.25, -0.2) is 0 Å². The summed E-state index contributed by atoms with van der Waals surface area (Å²) in [6.07, 6.45) is 1.06. The van der Waals surface area contributed by atoms with E-state index in [1.54, 1.807) is 0 Å². The van der Waals surface area contributed by atoms with Gasteiger partial charge in [0.2, 0.25) is 0 Å². The molecule has 2 N–H and O–H groups in total. The normalized spacial score (nSPS) is 9.95. The van der Waals surface area contributed by atoms with E-state index in [-0.39, 0.29) is 0 Å². The van der Waals surface area contributed by atoms with Gasteiger partial charge in [0, 0.05) is 17.8 Å². The van der Waals surface area contributed by atoms with Crippen LogP contribution >= 0.6 is 12.2 Å². The highest BCUT2D eigenvalue weighted by Crippen LogP contribution is 2.27. The van der Waals surface area contributed by atoms with Crippen molar-refractivity contribution in [1.29, 1.82) is 0 Å². The molecule has 0 fully saturated rings. The summed E-state index contributed by atoms with van der Waals surface area (Å²) in [6.45, 7) is 3.01. The molecule has 0 amide bonds. The van der Waals surface area contributed by atoms with Crippen LogP contribution in [0.4, 0.5) is 5.69 Å². The number of hydrogen-bond acceptors (Lipinski definition) is 1. The summed E-state index contributed by atoms with van der Waals surface area (Å²) in [5, 5.41) is 7.12. The molecule has 0 aliphatic rings. The van der Waals surface area contributed by atoms with Gasteiger partial charge < -0.3 is 10.6 Å². The molecule has 2 rings (SSSR count). The lowest BCUT2D eigenvalue weighted by Gasteiger charge is -2.13. The number of para-hydroxylation sites is 1. The second kappa shape index (κ2) is 6.90. The molecule has 2 aromatic carbocycles. The Morgan fingerprint density at radius 3 is 2.42 bits per heavy atom. The maximum atomic E-state index is 5.29. The molecule has 0 unspecified atom stereocenters. The van der Waals surface area contributed by atoms with Gasteiger partial charge in [-0.3, -0.25) is 0 Å². The number of rotatable bonds is 4. The van der Waals surface area contributed by atoms with Crippen LogP contribution in [0, 0.1) is 0 Å². The first-order chi connectivity index (χ1) is 9.31. The Morgan fingerprint density at radius 1 is 1.00 bits per heavy atom. The summed E-state index contributed by atoms with van der Waals surface area (Å²) in [7, 11) is 0. The van der Waals surface area contributed by atoms with Crippen LogP contribution in [0.15, 0.2) is 54.6 Å². The number of anilines is 1. The van der Waals surface area contributed by atoms with Crippen molar-refractivity contribution in [2.75, 3.05) is 11.9 Å². The lowest BCUT2D eigenvalue weighted by Crippen LogP contribution is -2.29. The highest BCUT2D eigenvalue weighted by Gasteiger charge is 2.05. The van der Waals surface area contributed by atoms with Crippen molar-refractivity contribution < 1.29 is 0 Å². The number of nitrogens with one attached hydrogen (secondary N) is 2. The average Bonchev–Trinajstić information content (AvgIpc) is 2.46. The van der Waals surface area contributed by atoms with Gasteiger partial charge in [0.05, 0.1) is 0 Å². The lowest BCUT2D eigenvalue weighted by molar-refractivity contribution is 0.846. The average molecular weight is 270 g/mol. The molecule has 0 aromatic heterocycles. The van der Waals surface area contributed by atoms with E-state index in [2.05, 4.69) is 35.8 Å². The SMILES string of the molecule is CCCNC(=S)Nc1ccccc1-c1ccccc1. The lowest BCUT2D eigenvalue weighted by atomic mass is 10.0. The van der Waals surface area contributed by atoms with Crippen LogP contribution in [0.25, 0.3) is 11.1 Å². The fourth-order valence-electron chi connectivity index (χ4n) is 1.87. The van der Waals surface area contributed by atoms with Crippen LogP contribution in [-0.4, -0.2) is 11.7 Å². The van der Waals surface area contributed by atoms with E-state index in [1.165, 1.54) is 5.56 Å². The third-order valence-electron chi connectivity index (χ3n) is 2.80. The molecular formula is C16H18N2S. The number of thiocarbonyl (C=S) groups is 1. The van der Waals surface area contributed by atoms with Crippen LogP contribution in [0.1, 0.15) is 13.3 Å². The Balaban J connectivity index is 2.20. The van der Waals surface area contributed by atoms with E-state index in [9.17, 15) is 0 Å². The molecule has 2 nitrogen and oxygen atoms in total. The van der Waals surface area contributed by atoms with E-state index in [4.69, 9.17) is 12.2 Å². The highest BCUT2D eigenvalue weighted by atomic mass is 32.1. The van der Waals surface area contributed by atoms with Crippen LogP contribution in [-0.2, 0) is 0 Å². The molecule has 0 heterocycles. The van der Waals surface area contributed by atoms with E-state index < -0.39 is 0 Å². The fraction of sp³-hybridized carbons (Fsp3) is 0.188. The van der Waals surface area contributed by atoms with E-state index >= 15 is 0 Å². The Kier molecular flexibility index (Phi) is 4.93. The predicted molar refractivity (Wildman–Crippen MR) is 86.4 cm³/mol.